The second-order valence-corrected chi connectivity index (χ2v) is 6.94. The van der Waals surface area contributed by atoms with E-state index in [1.807, 2.05) is 24.0 Å². The van der Waals surface area contributed by atoms with Gasteiger partial charge in [0.15, 0.2) is 0 Å². The normalized spacial score (nSPS) is 18.6. The van der Waals surface area contributed by atoms with Gasteiger partial charge in [-0.3, -0.25) is 9.58 Å². The molecule has 1 aliphatic rings. The van der Waals surface area contributed by atoms with E-state index in [1.165, 1.54) is 29.7 Å². The van der Waals surface area contributed by atoms with E-state index in [4.69, 9.17) is 4.98 Å². The lowest BCUT2D eigenvalue weighted by atomic mass is 10.1. The van der Waals surface area contributed by atoms with Crippen molar-refractivity contribution >= 4 is 11.3 Å². The van der Waals surface area contributed by atoms with Gasteiger partial charge in [0, 0.05) is 42.3 Å². The summed E-state index contributed by atoms with van der Waals surface area (Å²) in [6.45, 7) is 2.06. The third-order valence-corrected chi connectivity index (χ3v) is 5.35. The fourth-order valence-corrected chi connectivity index (χ4v) is 4.12. The van der Waals surface area contributed by atoms with Gasteiger partial charge < -0.3 is 0 Å². The predicted molar refractivity (Wildman–Crippen MR) is 93.1 cm³/mol. The van der Waals surface area contributed by atoms with Crippen molar-refractivity contribution in [1.29, 1.82) is 0 Å². The van der Waals surface area contributed by atoms with Crippen LogP contribution in [0.2, 0.25) is 0 Å². The molecule has 1 aromatic carbocycles. The van der Waals surface area contributed by atoms with Crippen LogP contribution < -0.4 is 0 Å². The molecule has 0 radical (unpaired) electrons. The van der Waals surface area contributed by atoms with Gasteiger partial charge in [0.05, 0.1) is 11.9 Å². The highest BCUT2D eigenvalue weighted by molar-refractivity contribution is 7.13. The molecule has 4 nitrogen and oxygen atoms in total. The third-order valence-electron chi connectivity index (χ3n) is 4.41. The van der Waals surface area contributed by atoms with Crippen LogP contribution in [0.5, 0.6) is 0 Å². The number of nitrogens with zero attached hydrogens (tertiary/aromatic N) is 4. The lowest BCUT2D eigenvalue weighted by Crippen LogP contribution is -2.22. The highest BCUT2D eigenvalue weighted by Gasteiger charge is 2.27. The van der Waals surface area contributed by atoms with Crippen molar-refractivity contribution in [2.24, 2.45) is 7.05 Å². The van der Waals surface area contributed by atoms with Crippen molar-refractivity contribution in [2.45, 2.75) is 25.4 Å². The Morgan fingerprint density at radius 1 is 1.26 bits per heavy atom. The summed E-state index contributed by atoms with van der Waals surface area (Å²) >= 11 is 1.73. The van der Waals surface area contributed by atoms with Crippen molar-refractivity contribution in [1.82, 2.24) is 19.7 Å². The number of thiazole rings is 1. The lowest BCUT2D eigenvalue weighted by molar-refractivity contribution is 0.246. The number of hydrogen-bond acceptors (Lipinski definition) is 4. The highest BCUT2D eigenvalue weighted by Crippen LogP contribution is 2.33. The number of benzene rings is 1. The van der Waals surface area contributed by atoms with Crippen LogP contribution >= 0.6 is 11.3 Å². The van der Waals surface area contributed by atoms with Gasteiger partial charge in [0.2, 0.25) is 0 Å². The number of aryl methyl sites for hydroxylation is 1. The van der Waals surface area contributed by atoms with Crippen LogP contribution in [0.25, 0.3) is 10.6 Å². The SMILES string of the molecule is Cn1cc([C@H]2CCCN2Cc2csc(-c3ccccc3)n2)cn1. The first kappa shape index (κ1) is 14.6. The minimum absolute atomic E-state index is 0.477. The van der Waals surface area contributed by atoms with Gasteiger partial charge in [-0.05, 0) is 19.4 Å². The van der Waals surface area contributed by atoms with Crippen molar-refractivity contribution in [3.05, 3.63) is 59.4 Å². The smallest absolute Gasteiger partial charge is 0.123 e. The van der Waals surface area contributed by atoms with Gasteiger partial charge in [0.25, 0.3) is 0 Å². The Bertz CT molecular complexity index is 777. The molecule has 23 heavy (non-hydrogen) atoms. The van der Waals surface area contributed by atoms with E-state index in [0.717, 1.165) is 18.1 Å². The molecule has 0 saturated carbocycles. The molecule has 4 rings (SSSR count). The maximum Gasteiger partial charge on any atom is 0.123 e. The second kappa shape index (κ2) is 6.26. The summed E-state index contributed by atoms with van der Waals surface area (Å²) in [6, 6.07) is 10.9. The van der Waals surface area contributed by atoms with E-state index in [-0.39, 0.29) is 0 Å². The molecule has 0 spiro atoms. The third kappa shape index (κ3) is 3.07. The fourth-order valence-electron chi connectivity index (χ4n) is 3.31. The Morgan fingerprint density at radius 3 is 2.91 bits per heavy atom. The molecule has 1 aliphatic heterocycles. The number of rotatable bonds is 4. The minimum Gasteiger partial charge on any atom is -0.290 e. The monoisotopic (exact) mass is 324 g/mol. The van der Waals surface area contributed by atoms with Crippen molar-refractivity contribution < 1.29 is 0 Å². The van der Waals surface area contributed by atoms with Crippen LogP contribution in [0, 0.1) is 0 Å². The molecule has 0 unspecified atom stereocenters. The van der Waals surface area contributed by atoms with Crippen molar-refractivity contribution in [3.63, 3.8) is 0 Å². The maximum atomic E-state index is 4.83. The summed E-state index contributed by atoms with van der Waals surface area (Å²) < 4.78 is 1.89. The molecule has 0 aliphatic carbocycles. The van der Waals surface area contributed by atoms with Gasteiger partial charge in [0.1, 0.15) is 5.01 Å². The molecular formula is C18H20N4S. The van der Waals surface area contributed by atoms with E-state index >= 15 is 0 Å². The summed E-state index contributed by atoms with van der Waals surface area (Å²) in [5, 5.41) is 7.63. The molecular weight excluding hydrogens is 304 g/mol. The molecule has 1 saturated heterocycles. The first-order valence-corrected chi connectivity index (χ1v) is 8.90. The van der Waals surface area contributed by atoms with Gasteiger partial charge in [-0.15, -0.1) is 11.3 Å². The van der Waals surface area contributed by atoms with E-state index in [0.29, 0.717) is 6.04 Å². The van der Waals surface area contributed by atoms with Crippen LogP contribution in [0.4, 0.5) is 0 Å². The summed E-state index contributed by atoms with van der Waals surface area (Å²) in [7, 11) is 1.98. The van der Waals surface area contributed by atoms with Gasteiger partial charge in [-0.25, -0.2) is 4.98 Å². The Morgan fingerprint density at radius 2 is 2.13 bits per heavy atom. The van der Waals surface area contributed by atoms with Crippen molar-refractivity contribution in [3.8, 4) is 10.6 Å². The Labute approximate surface area is 140 Å². The standard InChI is InChI=1S/C18H20N4S/c1-21-11-15(10-19-21)17-8-5-9-22(17)12-16-13-23-18(20-16)14-6-3-2-4-7-14/h2-4,6-7,10-11,13,17H,5,8-9,12H2,1H3/t17-/m1/s1. The maximum absolute atomic E-state index is 4.83. The average Bonchev–Trinajstić information content (AvgIpc) is 3.29. The molecule has 2 aromatic heterocycles. The zero-order chi connectivity index (χ0) is 15.6. The number of likely N-dealkylation sites (tertiary alicyclic amines) is 1. The Balaban J connectivity index is 1.50. The average molecular weight is 324 g/mol. The topological polar surface area (TPSA) is 34.0 Å². The molecule has 3 aromatic rings. The molecule has 0 amide bonds. The molecule has 118 valence electrons. The zero-order valence-corrected chi connectivity index (χ0v) is 14.0. The molecule has 0 bridgehead atoms. The minimum atomic E-state index is 0.477. The van der Waals surface area contributed by atoms with Gasteiger partial charge >= 0.3 is 0 Å². The Kier molecular flexibility index (Phi) is 3.97. The van der Waals surface area contributed by atoms with E-state index in [1.54, 1.807) is 11.3 Å². The summed E-state index contributed by atoms with van der Waals surface area (Å²) in [4.78, 5) is 7.36. The number of hydrogen-bond donors (Lipinski definition) is 0. The highest BCUT2D eigenvalue weighted by atomic mass is 32.1. The summed E-state index contributed by atoms with van der Waals surface area (Å²) in [6.07, 6.45) is 6.59. The molecule has 1 fully saturated rings. The number of aromatic nitrogens is 3. The zero-order valence-electron chi connectivity index (χ0n) is 13.2. The van der Waals surface area contributed by atoms with Crippen LogP contribution in [0.3, 0.4) is 0 Å². The lowest BCUT2D eigenvalue weighted by Gasteiger charge is -2.22. The van der Waals surface area contributed by atoms with Crippen LogP contribution in [0.15, 0.2) is 48.1 Å². The largest absolute Gasteiger partial charge is 0.290 e. The summed E-state index contributed by atoms with van der Waals surface area (Å²) in [5.41, 5.74) is 3.70. The van der Waals surface area contributed by atoms with Crippen LogP contribution in [-0.2, 0) is 13.6 Å². The van der Waals surface area contributed by atoms with Crippen LogP contribution in [0.1, 0.15) is 30.1 Å². The molecule has 0 N–H and O–H groups in total. The van der Waals surface area contributed by atoms with Crippen LogP contribution in [-0.4, -0.2) is 26.2 Å². The predicted octanol–water partition coefficient (Wildman–Crippen LogP) is 3.88. The van der Waals surface area contributed by atoms with Gasteiger partial charge in [-0.2, -0.15) is 5.10 Å². The first-order chi connectivity index (χ1) is 11.3. The van der Waals surface area contributed by atoms with E-state index in [2.05, 4.69) is 45.8 Å². The molecule has 5 heteroatoms. The van der Waals surface area contributed by atoms with E-state index < -0.39 is 0 Å². The van der Waals surface area contributed by atoms with Crippen molar-refractivity contribution in [2.75, 3.05) is 6.54 Å². The fraction of sp³-hybridized carbons (Fsp3) is 0.333. The quantitative estimate of drug-likeness (QED) is 0.730. The van der Waals surface area contributed by atoms with Gasteiger partial charge in [-0.1, -0.05) is 30.3 Å². The second-order valence-electron chi connectivity index (χ2n) is 6.09. The Hall–Kier alpha value is -1.98. The molecule has 3 heterocycles. The molecule has 1 atom stereocenters. The summed E-state index contributed by atoms with van der Waals surface area (Å²) in [5.74, 6) is 0. The first-order valence-electron chi connectivity index (χ1n) is 8.02. The van der Waals surface area contributed by atoms with E-state index in [9.17, 15) is 0 Å².